The van der Waals surface area contributed by atoms with Gasteiger partial charge < -0.3 is 10.0 Å². The van der Waals surface area contributed by atoms with E-state index < -0.39 is 42.2 Å². The maximum atomic E-state index is 13.9. The molecule has 8 nitrogen and oxygen atoms in total. The number of pyridine rings is 1. The zero-order valence-electron chi connectivity index (χ0n) is 17.8. The Hall–Kier alpha value is -3.33. The van der Waals surface area contributed by atoms with Crippen LogP contribution in [0, 0.1) is 17.1 Å². The Balaban J connectivity index is 2.10. The van der Waals surface area contributed by atoms with Gasteiger partial charge >= 0.3 is 5.69 Å². The highest BCUT2D eigenvalue weighted by molar-refractivity contribution is 6.31. The van der Waals surface area contributed by atoms with Crippen molar-refractivity contribution in [3.8, 4) is 22.9 Å². The average Bonchev–Trinajstić information content (AvgIpc) is 3.21. The Morgan fingerprint density at radius 2 is 1.97 bits per heavy atom. The van der Waals surface area contributed by atoms with Crippen LogP contribution in [0.4, 0.5) is 19.0 Å². The zero-order valence-corrected chi connectivity index (χ0v) is 19.3. The van der Waals surface area contributed by atoms with E-state index in [0.29, 0.717) is 0 Å². The smallest absolute Gasteiger partial charge is 0.338 e. The predicted molar refractivity (Wildman–Crippen MR) is 123 cm³/mol. The fourth-order valence-electron chi connectivity index (χ4n) is 4.01. The molecule has 1 aromatic carbocycles. The number of rotatable bonds is 5. The molecule has 0 aliphatic carbocycles. The molecule has 1 saturated heterocycles. The molecule has 3 heterocycles. The molecule has 13 heteroatoms. The molecule has 1 N–H and O–H groups in total. The largest absolute Gasteiger partial charge is 0.382 e. The summed E-state index contributed by atoms with van der Waals surface area (Å²) in [6.07, 6.45) is -0.951. The summed E-state index contributed by atoms with van der Waals surface area (Å²) in [4.78, 5) is 32.3. The molecule has 0 radical (unpaired) electrons. The normalized spacial score (nSPS) is 17.7. The van der Waals surface area contributed by atoms with Gasteiger partial charge in [-0.2, -0.15) is 5.26 Å². The van der Waals surface area contributed by atoms with E-state index in [4.69, 9.17) is 23.2 Å². The van der Waals surface area contributed by atoms with E-state index in [-0.39, 0.29) is 45.6 Å². The molecule has 0 unspecified atom stereocenters. The fourth-order valence-corrected chi connectivity index (χ4v) is 4.36. The minimum atomic E-state index is -3.09. The summed E-state index contributed by atoms with van der Waals surface area (Å²) in [5.74, 6) is -0.943. The van der Waals surface area contributed by atoms with Gasteiger partial charge in [0.25, 0.3) is 12.0 Å². The second-order valence-electron chi connectivity index (χ2n) is 7.93. The van der Waals surface area contributed by atoms with Crippen LogP contribution in [0.25, 0.3) is 16.8 Å². The van der Waals surface area contributed by atoms with Crippen molar-refractivity contribution in [2.75, 3.05) is 18.0 Å². The van der Waals surface area contributed by atoms with Crippen LogP contribution < -0.4 is 16.1 Å². The highest BCUT2D eigenvalue weighted by Gasteiger charge is 2.45. The number of hydrogen-bond acceptors (Lipinski definition) is 6. The Kier molecular flexibility index (Phi) is 6.64. The number of nitrogens with zero attached hydrogens (tertiary/aromatic N) is 5. The third-order valence-corrected chi connectivity index (χ3v) is 6.19. The first-order chi connectivity index (χ1) is 16.6. The van der Waals surface area contributed by atoms with E-state index in [1.165, 1.54) is 29.4 Å². The molecule has 1 aliphatic rings. The van der Waals surface area contributed by atoms with Gasteiger partial charge in [0.05, 0.1) is 40.1 Å². The van der Waals surface area contributed by atoms with Crippen molar-refractivity contribution in [2.24, 2.45) is 0 Å². The average molecular weight is 526 g/mol. The molecule has 182 valence electrons. The van der Waals surface area contributed by atoms with Crippen LogP contribution in [-0.2, 0) is 6.54 Å². The molecule has 3 aromatic rings. The fraction of sp³-hybridized carbons (Fsp3) is 0.273. The van der Waals surface area contributed by atoms with Gasteiger partial charge in [0.15, 0.2) is 0 Å². The molecule has 1 atom stereocenters. The summed E-state index contributed by atoms with van der Waals surface area (Å²) in [6.45, 7) is -1.32. The number of hydrogen-bond donors (Lipinski definition) is 1. The van der Waals surface area contributed by atoms with E-state index >= 15 is 0 Å². The summed E-state index contributed by atoms with van der Waals surface area (Å²) >= 11 is 11.9. The van der Waals surface area contributed by atoms with Crippen LogP contribution in [0.15, 0.2) is 46.2 Å². The van der Waals surface area contributed by atoms with Crippen LogP contribution in [0.3, 0.4) is 0 Å². The molecule has 35 heavy (non-hydrogen) atoms. The van der Waals surface area contributed by atoms with Crippen molar-refractivity contribution in [3.63, 3.8) is 0 Å². The zero-order chi connectivity index (χ0) is 25.5. The molecule has 0 spiro atoms. The van der Waals surface area contributed by atoms with Gasteiger partial charge in [-0.3, -0.25) is 14.3 Å². The molecule has 1 aliphatic heterocycles. The van der Waals surface area contributed by atoms with Crippen LogP contribution in [0.2, 0.25) is 10.0 Å². The first-order valence-corrected chi connectivity index (χ1v) is 10.9. The lowest BCUT2D eigenvalue weighted by molar-refractivity contribution is -0.0801. The maximum Gasteiger partial charge on any atom is 0.338 e. The van der Waals surface area contributed by atoms with Gasteiger partial charge in [0, 0.05) is 19.2 Å². The van der Waals surface area contributed by atoms with Crippen LogP contribution in [0.1, 0.15) is 6.42 Å². The second-order valence-corrected chi connectivity index (χ2v) is 8.78. The van der Waals surface area contributed by atoms with Gasteiger partial charge in [-0.15, -0.1) is 0 Å². The Bertz CT molecular complexity index is 1470. The Labute approximate surface area is 206 Å². The lowest BCUT2D eigenvalue weighted by atomic mass is 10.0. The molecule has 0 bridgehead atoms. The van der Waals surface area contributed by atoms with Crippen LogP contribution in [0.5, 0.6) is 0 Å². The number of anilines is 1. The van der Waals surface area contributed by atoms with E-state index in [9.17, 15) is 33.1 Å². The van der Waals surface area contributed by atoms with Gasteiger partial charge in [0.2, 0.25) is 0 Å². The molecule has 0 amide bonds. The van der Waals surface area contributed by atoms with Crippen molar-refractivity contribution >= 4 is 29.0 Å². The first-order valence-electron chi connectivity index (χ1n) is 10.2. The topological polar surface area (TPSA) is 104 Å². The third-order valence-electron chi connectivity index (χ3n) is 5.69. The SMILES string of the molecule is N#CCn1c(N2CC[C@](O)(C(F)F)C2)c(-c2ccc(F)c(Cl)c2)c(=O)n(-c2cncc(Cl)c2)c1=O. The molecule has 4 rings (SSSR count). The lowest BCUT2D eigenvalue weighted by Crippen LogP contribution is -2.45. The molecule has 1 fully saturated rings. The lowest BCUT2D eigenvalue weighted by Gasteiger charge is -2.28. The van der Waals surface area contributed by atoms with Gasteiger partial charge in [-0.1, -0.05) is 29.3 Å². The number of β-amino-alcohol motifs (C(OH)–C–C–N with tert-alkyl or cyclic N) is 1. The summed E-state index contributed by atoms with van der Waals surface area (Å²) in [6, 6.07) is 6.52. The third kappa shape index (κ3) is 4.40. The first kappa shape index (κ1) is 24.8. The van der Waals surface area contributed by atoms with E-state index in [0.717, 1.165) is 21.3 Å². The van der Waals surface area contributed by atoms with E-state index in [1.807, 2.05) is 6.07 Å². The number of aliphatic hydroxyl groups is 1. The highest BCUT2D eigenvalue weighted by atomic mass is 35.5. The van der Waals surface area contributed by atoms with Gasteiger partial charge in [-0.25, -0.2) is 22.5 Å². The Morgan fingerprint density at radius 3 is 2.57 bits per heavy atom. The molecular formula is C22H16Cl2F3N5O3. The summed E-state index contributed by atoms with van der Waals surface area (Å²) in [5.41, 5.74) is -4.40. The maximum absolute atomic E-state index is 13.9. The van der Waals surface area contributed by atoms with Crippen molar-refractivity contribution in [1.82, 2.24) is 14.1 Å². The molecule has 2 aromatic heterocycles. The van der Waals surface area contributed by atoms with Crippen molar-refractivity contribution in [3.05, 3.63) is 73.4 Å². The summed E-state index contributed by atoms with van der Waals surface area (Å²) in [5, 5.41) is 19.6. The van der Waals surface area contributed by atoms with Crippen LogP contribution in [-0.4, -0.2) is 44.3 Å². The minimum absolute atomic E-state index is 0.00861. The monoisotopic (exact) mass is 525 g/mol. The second kappa shape index (κ2) is 9.37. The molecule has 0 saturated carbocycles. The number of halogens is 5. The number of aromatic nitrogens is 3. The van der Waals surface area contributed by atoms with E-state index in [2.05, 4.69) is 4.98 Å². The quantitative estimate of drug-likeness (QED) is 0.548. The molecular weight excluding hydrogens is 510 g/mol. The number of nitriles is 1. The summed E-state index contributed by atoms with van der Waals surface area (Å²) < 4.78 is 42.6. The highest BCUT2D eigenvalue weighted by Crippen LogP contribution is 2.36. The van der Waals surface area contributed by atoms with Crippen LogP contribution >= 0.6 is 23.2 Å². The minimum Gasteiger partial charge on any atom is -0.382 e. The Morgan fingerprint density at radius 1 is 1.23 bits per heavy atom. The summed E-state index contributed by atoms with van der Waals surface area (Å²) in [7, 11) is 0. The van der Waals surface area contributed by atoms with E-state index in [1.54, 1.807) is 0 Å². The van der Waals surface area contributed by atoms with Crippen molar-refractivity contribution < 1.29 is 18.3 Å². The standard InChI is InChI=1S/C22H16Cl2F3N5O3/c23-13-8-14(10-29-9-13)32-19(33)17(12-1-2-16(25)15(24)7-12)18(31(6-4-28)21(32)34)30-5-3-22(35,11-30)20(26)27/h1-2,7-10,20,35H,3,5-6,11H2/t22-/m1/s1. The predicted octanol–water partition coefficient (Wildman–Crippen LogP) is 3.24. The van der Waals surface area contributed by atoms with Gasteiger partial charge in [0.1, 0.15) is 23.8 Å². The van der Waals surface area contributed by atoms with Crippen molar-refractivity contribution in [2.45, 2.75) is 25.0 Å². The van der Waals surface area contributed by atoms with Crippen molar-refractivity contribution in [1.29, 1.82) is 5.26 Å². The number of alkyl halides is 2. The van der Waals surface area contributed by atoms with Gasteiger partial charge in [-0.05, 0) is 23.8 Å². The number of benzene rings is 1.